The number of para-hydroxylation sites is 1. The average Bonchev–Trinajstić information content (AvgIpc) is 2.98. The van der Waals surface area contributed by atoms with Crippen LogP contribution in [0.4, 0.5) is 10.5 Å². The standard InChI is InChI=1S/C35H46N4O2/c1-27(2)31-16-11-17-32(28(3)4)34(31)36-35(41)39(20-18-29-12-7-5-8-13-29)21-19-33(40)38-24-22-37(23-25-38)26-30-14-9-6-10-15-30/h5-17,27-28H,18-26H2,1-4H3,(H,36,41). The molecule has 1 fully saturated rings. The van der Waals surface area contributed by atoms with Gasteiger partial charge in [-0.3, -0.25) is 9.69 Å². The molecule has 0 spiro atoms. The maximum Gasteiger partial charge on any atom is 0.321 e. The molecule has 0 atom stereocenters. The fourth-order valence-corrected chi connectivity index (χ4v) is 5.49. The van der Waals surface area contributed by atoms with Gasteiger partial charge in [0.1, 0.15) is 0 Å². The molecular weight excluding hydrogens is 508 g/mol. The number of anilines is 1. The Morgan fingerprint density at radius 2 is 1.29 bits per heavy atom. The van der Waals surface area contributed by atoms with Crippen LogP contribution in [0.5, 0.6) is 0 Å². The van der Waals surface area contributed by atoms with Crippen molar-refractivity contribution in [2.45, 2.75) is 58.9 Å². The molecule has 6 nitrogen and oxygen atoms in total. The normalized spacial score (nSPS) is 14.0. The summed E-state index contributed by atoms with van der Waals surface area (Å²) < 4.78 is 0. The van der Waals surface area contributed by atoms with Crippen LogP contribution in [0.2, 0.25) is 0 Å². The van der Waals surface area contributed by atoms with E-state index in [-0.39, 0.29) is 23.8 Å². The Labute approximate surface area is 246 Å². The molecule has 3 aromatic carbocycles. The lowest BCUT2D eigenvalue weighted by Gasteiger charge is -2.35. The maximum atomic E-state index is 13.8. The van der Waals surface area contributed by atoms with Crippen LogP contribution in [0.15, 0.2) is 78.9 Å². The number of urea groups is 1. The van der Waals surface area contributed by atoms with Crippen molar-refractivity contribution in [1.82, 2.24) is 14.7 Å². The Hall–Kier alpha value is -3.64. The highest BCUT2D eigenvalue weighted by Crippen LogP contribution is 2.32. The van der Waals surface area contributed by atoms with Gasteiger partial charge in [0.25, 0.3) is 0 Å². The first-order chi connectivity index (χ1) is 19.8. The first-order valence-electron chi connectivity index (χ1n) is 15.1. The van der Waals surface area contributed by atoms with E-state index in [9.17, 15) is 9.59 Å². The third kappa shape index (κ3) is 8.67. The van der Waals surface area contributed by atoms with Crippen molar-refractivity contribution in [3.05, 3.63) is 101 Å². The van der Waals surface area contributed by atoms with E-state index >= 15 is 0 Å². The van der Waals surface area contributed by atoms with Gasteiger partial charge in [-0.25, -0.2) is 4.79 Å². The Morgan fingerprint density at radius 1 is 0.732 bits per heavy atom. The van der Waals surface area contributed by atoms with Gasteiger partial charge in [-0.05, 0) is 40.5 Å². The van der Waals surface area contributed by atoms with Crippen molar-refractivity contribution in [1.29, 1.82) is 0 Å². The van der Waals surface area contributed by atoms with Gasteiger partial charge in [0, 0.05) is 57.9 Å². The zero-order chi connectivity index (χ0) is 29.2. The van der Waals surface area contributed by atoms with Crippen molar-refractivity contribution in [3.63, 3.8) is 0 Å². The average molecular weight is 555 g/mol. The molecule has 0 aliphatic carbocycles. The molecule has 1 saturated heterocycles. The Balaban J connectivity index is 1.40. The number of nitrogens with one attached hydrogen (secondary N) is 1. The van der Waals surface area contributed by atoms with Gasteiger partial charge in [0.2, 0.25) is 5.91 Å². The fourth-order valence-electron chi connectivity index (χ4n) is 5.49. The second kappa shape index (κ2) is 14.8. The highest BCUT2D eigenvalue weighted by molar-refractivity contribution is 5.92. The van der Waals surface area contributed by atoms with Gasteiger partial charge in [-0.2, -0.15) is 0 Å². The summed E-state index contributed by atoms with van der Waals surface area (Å²) in [6.07, 6.45) is 1.06. The SMILES string of the molecule is CC(C)c1cccc(C(C)C)c1NC(=O)N(CCC(=O)N1CCN(Cc2ccccc2)CC1)CCc1ccccc1. The molecule has 6 heteroatoms. The van der Waals surface area contributed by atoms with E-state index in [4.69, 9.17) is 0 Å². The highest BCUT2D eigenvalue weighted by Gasteiger charge is 2.24. The molecule has 218 valence electrons. The third-order valence-electron chi connectivity index (χ3n) is 7.97. The van der Waals surface area contributed by atoms with E-state index in [1.807, 2.05) is 34.1 Å². The van der Waals surface area contributed by atoms with Crippen LogP contribution in [0.1, 0.15) is 68.2 Å². The number of carbonyl (C=O) groups excluding carboxylic acids is 2. The van der Waals surface area contributed by atoms with Crippen molar-refractivity contribution >= 4 is 17.6 Å². The second-order valence-electron chi connectivity index (χ2n) is 11.7. The molecule has 0 radical (unpaired) electrons. The van der Waals surface area contributed by atoms with E-state index < -0.39 is 0 Å². The molecule has 1 heterocycles. The van der Waals surface area contributed by atoms with Crippen molar-refractivity contribution < 1.29 is 9.59 Å². The molecule has 0 aromatic heterocycles. The number of hydrogen-bond acceptors (Lipinski definition) is 3. The molecule has 0 saturated carbocycles. The third-order valence-corrected chi connectivity index (χ3v) is 7.97. The predicted octanol–water partition coefficient (Wildman–Crippen LogP) is 6.74. The largest absolute Gasteiger partial charge is 0.340 e. The van der Waals surface area contributed by atoms with Crippen molar-refractivity contribution in [2.75, 3.05) is 44.6 Å². The monoisotopic (exact) mass is 554 g/mol. The molecule has 1 aliphatic heterocycles. The lowest BCUT2D eigenvalue weighted by molar-refractivity contribution is -0.133. The summed E-state index contributed by atoms with van der Waals surface area (Å²) in [5.41, 5.74) is 5.66. The quantitative estimate of drug-likeness (QED) is 0.285. The highest BCUT2D eigenvalue weighted by atomic mass is 16.2. The minimum absolute atomic E-state index is 0.118. The smallest absolute Gasteiger partial charge is 0.321 e. The lowest BCUT2D eigenvalue weighted by atomic mass is 9.93. The van der Waals surface area contributed by atoms with Crippen molar-refractivity contribution in [2.24, 2.45) is 0 Å². The van der Waals surface area contributed by atoms with Crippen LogP contribution < -0.4 is 5.32 Å². The molecule has 1 aliphatic rings. The number of amides is 3. The van der Waals surface area contributed by atoms with Crippen molar-refractivity contribution in [3.8, 4) is 0 Å². The second-order valence-corrected chi connectivity index (χ2v) is 11.7. The van der Waals surface area contributed by atoms with Crippen LogP contribution in [0.25, 0.3) is 0 Å². The van der Waals surface area contributed by atoms with Gasteiger partial charge in [0.05, 0.1) is 0 Å². The summed E-state index contributed by atoms with van der Waals surface area (Å²) >= 11 is 0. The van der Waals surface area contributed by atoms with Gasteiger partial charge in [-0.15, -0.1) is 0 Å². The molecule has 0 bridgehead atoms. The van der Waals surface area contributed by atoms with Crippen LogP contribution >= 0.6 is 0 Å². The topological polar surface area (TPSA) is 55.9 Å². The number of benzene rings is 3. The Kier molecular flexibility index (Phi) is 11.0. The number of nitrogens with zero attached hydrogens (tertiary/aromatic N) is 3. The summed E-state index contributed by atoms with van der Waals surface area (Å²) in [5.74, 6) is 0.681. The zero-order valence-corrected chi connectivity index (χ0v) is 25.2. The molecule has 3 amide bonds. The predicted molar refractivity (Wildman–Crippen MR) is 168 cm³/mol. The Bertz CT molecular complexity index is 1230. The van der Waals surface area contributed by atoms with Gasteiger partial charge >= 0.3 is 6.03 Å². The number of carbonyl (C=O) groups is 2. The Morgan fingerprint density at radius 3 is 1.85 bits per heavy atom. The summed E-state index contributed by atoms with van der Waals surface area (Å²) in [7, 11) is 0. The summed E-state index contributed by atoms with van der Waals surface area (Å²) in [4.78, 5) is 33.2. The van der Waals surface area contributed by atoms with Gasteiger partial charge in [-0.1, -0.05) is 107 Å². The van der Waals surface area contributed by atoms with E-state index in [2.05, 4.69) is 92.5 Å². The molecule has 1 N–H and O–H groups in total. The maximum absolute atomic E-state index is 13.8. The summed E-state index contributed by atoms with van der Waals surface area (Å²) in [6.45, 7) is 13.6. The van der Waals surface area contributed by atoms with E-state index in [1.165, 1.54) is 11.1 Å². The summed E-state index contributed by atoms with van der Waals surface area (Å²) in [5, 5.41) is 3.27. The minimum atomic E-state index is -0.142. The first-order valence-corrected chi connectivity index (χ1v) is 15.1. The first kappa shape index (κ1) is 30.3. The van der Waals surface area contributed by atoms with Gasteiger partial charge < -0.3 is 15.1 Å². The van der Waals surface area contributed by atoms with Crippen LogP contribution in [-0.2, 0) is 17.8 Å². The van der Waals surface area contributed by atoms with E-state index in [0.717, 1.165) is 56.0 Å². The molecule has 41 heavy (non-hydrogen) atoms. The molecule has 0 unspecified atom stereocenters. The number of hydrogen-bond donors (Lipinski definition) is 1. The van der Waals surface area contributed by atoms with E-state index in [0.29, 0.717) is 19.5 Å². The number of rotatable bonds is 11. The molecule has 4 rings (SSSR count). The number of piperazine rings is 1. The summed E-state index contributed by atoms with van der Waals surface area (Å²) in [6, 6.07) is 26.8. The zero-order valence-electron chi connectivity index (χ0n) is 25.2. The molecular formula is C35H46N4O2. The van der Waals surface area contributed by atoms with Crippen LogP contribution in [0.3, 0.4) is 0 Å². The van der Waals surface area contributed by atoms with E-state index in [1.54, 1.807) is 0 Å². The lowest BCUT2D eigenvalue weighted by Crippen LogP contribution is -2.49. The van der Waals surface area contributed by atoms with Crippen LogP contribution in [0, 0.1) is 0 Å². The minimum Gasteiger partial charge on any atom is -0.340 e. The fraction of sp³-hybridized carbons (Fsp3) is 0.429. The van der Waals surface area contributed by atoms with Gasteiger partial charge in [0.15, 0.2) is 0 Å². The molecule has 3 aromatic rings. The van der Waals surface area contributed by atoms with Crippen LogP contribution in [-0.4, -0.2) is 65.9 Å².